The highest BCUT2D eigenvalue weighted by atomic mass is 79.9. The first-order valence-electron chi connectivity index (χ1n) is 8.58. The molecule has 0 bridgehead atoms. The molecule has 0 spiro atoms. The summed E-state index contributed by atoms with van der Waals surface area (Å²) in [6.07, 6.45) is 0. The zero-order valence-corrected chi connectivity index (χ0v) is 17.9. The second kappa shape index (κ2) is 8.03. The molecule has 0 radical (unpaired) electrons. The van der Waals surface area contributed by atoms with Crippen molar-refractivity contribution in [2.24, 2.45) is 0 Å². The molecule has 4 aromatic rings. The van der Waals surface area contributed by atoms with Crippen molar-refractivity contribution in [3.63, 3.8) is 0 Å². The van der Waals surface area contributed by atoms with Crippen molar-refractivity contribution < 1.29 is 9.90 Å². The van der Waals surface area contributed by atoms with Crippen LogP contribution in [0.4, 0.5) is 0 Å². The fraction of sp³-hybridized carbons (Fsp3) is 0. The number of hydrogen-bond acceptors (Lipinski definition) is 2. The van der Waals surface area contributed by atoms with E-state index in [1.165, 1.54) is 0 Å². The van der Waals surface area contributed by atoms with E-state index in [1.807, 2.05) is 54.6 Å². The average Bonchev–Trinajstić information content (AvgIpc) is 3.09. The Labute approximate surface area is 185 Å². The van der Waals surface area contributed by atoms with Crippen LogP contribution < -0.4 is 0 Å². The number of benzene rings is 3. The second-order valence-electron chi connectivity index (χ2n) is 6.29. The summed E-state index contributed by atoms with van der Waals surface area (Å²) in [5.41, 5.74) is 2.83. The number of aromatic nitrogens is 2. The van der Waals surface area contributed by atoms with Crippen molar-refractivity contribution in [3.8, 4) is 28.2 Å². The molecule has 4 nitrogen and oxygen atoms in total. The first kappa shape index (κ1) is 19.7. The number of hydrogen-bond donors (Lipinski definition) is 1. The normalized spacial score (nSPS) is 10.9. The van der Waals surface area contributed by atoms with E-state index in [9.17, 15) is 9.90 Å². The van der Waals surface area contributed by atoms with Gasteiger partial charge in [0.05, 0.1) is 11.4 Å². The van der Waals surface area contributed by atoms with Crippen molar-refractivity contribution in [3.05, 3.63) is 92.9 Å². The minimum atomic E-state index is -1.09. The monoisotopic (exact) mass is 486 g/mol. The molecule has 0 saturated carbocycles. The molecule has 1 heterocycles. The van der Waals surface area contributed by atoms with Gasteiger partial charge >= 0.3 is 5.97 Å². The quantitative estimate of drug-likeness (QED) is 0.338. The summed E-state index contributed by atoms with van der Waals surface area (Å²) < 4.78 is 2.49. The first-order chi connectivity index (χ1) is 13.9. The Balaban J connectivity index is 2.09. The Bertz CT molecular complexity index is 1200. The van der Waals surface area contributed by atoms with E-state index >= 15 is 0 Å². The van der Waals surface area contributed by atoms with Crippen molar-refractivity contribution >= 4 is 45.1 Å². The smallest absolute Gasteiger partial charge is 0.340 e. The van der Waals surface area contributed by atoms with Crippen molar-refractivity contribution in [2.45, 2.75) is 0 Å². The summed E-state index contributed by atoms with van der Waals surface area (Å²) in [6, 6.07) is 21.7. The number of rotatable bonds is 4. The molecule has 0 atom stereocenters. The lowest BCUT2D eigenvalue weighted by Crippen LogP contribution is -2.03. The van der Waals surface area contributed by atoms with Crippen LogP contribution in [0.5, 0.6) is 0 Å². The lowest BCUT2D eigenvalue weighted by atomic mass is 10.0. The first-order valence-corrected chi connectivity index (χ1v) is 10.1. The van der Waals surface area contributed by atoms with Gasteiger partial charge in [-0.05, 0) is 36.4 Å². The molecule has 29 heavy (non-hydrogen) atoms. The molecule has 1 aromatic heterocycles. The number of aromatic carboxylic acids is 1. The maximum absolute atomic E-state index is 12.3. The van der Waals surface area contributed by atoms with Crippen LogP contribution in [0.3, 0.4) is 0 Å². The number of nitrogens with zero attached hydrogens (tertiary/aromatic N) is 2. The fourth-order valence-electron chi connectivity index (χ4n) is 3.17. The third-order valence-corrected chi connectivity index (χ3v) is 5.26. The molecule has 0 aliphatic heterocycles. The molecule has 0 fully saturated rings. The Morgan fingerprint density at radius 3 is 2.21 bits per heavy atom. The van der Waals surface area contributed by atoms with E-state index in [2.05, 4.69) is 21.0 Å². The van der Waals surface area contributed by atoms with Gasteiger partial charge in [0.25, 0.3) is 0 Å². The molecule has 1 N–H and O–H groups in total. The van der Waals surface area contributed by atoms with Crippen molar-refractivity contribution in [1.29, 1.82) is 0 Å². The van der Waals surface area contributed by atoms with Gasteiger partial charge in [0.15, 0.2) is 0 Å². The lowest BCUT2D eigenvalue weighted by molar-refractivity contribution is 0.0698. The van der Waals surface area contributed by atoms with Gasteiger partial charge in [0, 0.05) is 25.6 Å². The number of halogens is 3. The predicted molar refractivity (Wildman–Crippen MR) is 119 cm³/mol. The zero-order chi connectivity index (χ0) is 20.5. The summed E-state index contributed by atoms with van der Waals surface area (Å²) >= 11 is 15.8. The van der Waals surface area contributed by atoms with Gasteiger partial charge in [-0.25, -0.2) is 9.48 Å². The molecular weight excluding hydrogens is 475 g/mol. The second-order valence-corrected chi connectivity index (χ2v) is 8.08. The highest BCUT2D eigenvalue weighted by Crippen LogP contribution is 2.36. The van der Waals surface area contributed by atoms with Gasteiger partial charge < -0.3 is 5.11 Å². The van der Waals surface area contributed by atoms with Crippen LogP contribution in [0.25, 0.3) is 28.2 Å². The molecule has 7 heteroatoms. The average molecular weight is 488 g/mol. The highest BCUT2D eigenvalue weighted by molar-refractivity contribution is 9.10. The Morgan fingerprint density at radius 2 is 1.59 bits per heavy atom. The van der Waals surface area contributed by atoms with E-state index in [0.717, 1.165) is 15.7 Å². The van der Waals surface area contributed by atoms with Gasteiger partial charge in [0.2, 0.25) is 0 Å². The summed E-state index contributed by atoms with van der Waals surface area (Å²) in [5.74, 6) is -1.09. The fourth-order valence-corrected chi connectivity index (χ4v) is 4.08. The van der Waals surface area contributed by atoms with Crippen LogP contribution in [0.1, 0.15) is 10.4 Å². The molecule has 0 unspecified atom stereocenters. The van der Waals surface area contributed by atoms with E-state index < -0.39 is 5.97 Å². The lowest BCUT2D eigenvalue weighted by Gasteiger charge is -2.09. The maximum atomic E-state index is 12.3. The van der Waals surface area contributed by atoms with Crippen LogP contribution >= 0.6 is 39.1 Å². The largest absolute Gasteiger partial charge is 0.478 e. The summed E-state index contributed by atoms with van der Waals surface area (Å²) in [5, 5.41) is 15.6. The highest BCUT2D eigenvalue weighted by Gasteiger charge is 2.26. The molecule has 3 aromatic carbocycles. The van der Waals surface area contributed by atoms with E-state index in [4.69, 9.17) is 23.2 Å². The van der Waals surface area contributed by atoms with Crippen LogP contribution in [-0.4, -0.2) is 20.9 Å². The van der Waals surface area contributed by atoms with Crippen LogP contribution in [0.2, 0.25) is 10.0 Å². The van der Waals surface area contributed by atoms with E-state index in [0.29, 0.717) is 27.0 Å². The maximum Gasteiger partial charge on any atom is 0.340 e. The molecule has 4 rings (SSSR count). The third kappa shape index (κ3) is 3.94. The molecule has 0 aliphatic carbocycles. The Hall–Kier alpha value is -2.60. The summed E-state index contributed by atoms with van der Waals surface area (Å²) in [6.45, 7) is 0. The van der Waals surface area contributed by atoms with Crippen molar-refractivity contribution in [1.82, 2.24) is 9.78 Å². The van der Waals surface area contributed by atoms with Crippen LogP contribution in [-0.2, 0) is 0 Å². The summed E-state index contributed by atoms with van der Waals surface area (Å²) in [7, 11) is 0. The number of carboxylic acids is 1. The Morgan fingerprint density at radius 1 is 0.897 bits per heavy atom. The summed E-state index contributed by atoms with van der Waals surface area (Å²) in [4.78, 5) is 12.3. The van der Waals surface area contributed by atoms with Gasteiger partial charge in [-0.15, -0.1) is 0 Å². The molecule has 0 amide bonds. The van der Waals surface area contributed by atoms with Crippen LogP contribution in [0, 0.1) is 0 Å². The predicted octanol–water partition coefficient (Wildman–Crippen LogP) is 6.97. The standard InChI is InChI=1S/C22H13BrCl2N2O2/c23-15-7-4-8-18(11-15)27-21(13-5-2-1-3-6-13)19(22(28)29)20(26-27)14-9-16(24)12-17(25)10-14/h1-12H,(H,28,29). The Kier molecular flexibility index (Phi) is 5.46. The SMILES string of the molecule is O=C(O)c1c(-c2cc(Cl)cc(Cl)c2)nn(-c2cccc(Br)c2)c1-c1ccccc1. The van der Waals surface area contributed by atoms with Gasteiger partial charge in [-0.2, -0.15) is 5.10 Å². The topological polar surface area (TPSA) is 55.1 Å². The third-order valence-electron chi connectivity index (χ3n) is 4.34. The van der Waals surface area contributed by atoms with Gasteiger partial charge in [0.1, 0.15) is 11.3 Å². The minimum absolute atomic E-state index is 0.0782. The van der Waals surface area contributed by atoms with Crippen LogP contribution in [0.15, 0.2) is 77.3 Å². The molecule has 144 valence electrons. The zero-order valence-electron chi connectivity index (χ0n) is 14.8. The number of carbonyl (C=O) groups is 1. The van der Waals surface area contributed by atoms with Gasteiger partial charge in [-0.3, -0.25) is 0 Å². The molecule has 0 saturated heterocycles. The number of carboxylic acid groups (broad SMARTS) is 1. The molecule has 0 aliphatic rings. The van der Waals surface area contributed by atoms with E-state index in [1.54, 1.807) is 22.9 Å². The molecular formula is C22H13BrCl2N2O2. The van der Waals surface area contributed by atoms with Crippen molar-refractivity contribution in [2.75, 3.05) is 0 Å². The van der Waals surface area contributed by atoms with Gasteiger partial charge in [-0.1, -0.05) is 75.5 Å². The van der Waals surface area contributed by atoms with E-state index in [-0.39, 0.29) is 5.56 Å². The minimum Gasteiger partial charge on any atom is -0.478 e.